The number of aliphatic hydroxyl groups is 1. The van der Waals surface area contributed by atoms with Crippen LogP contribution in [-0.2, 0) is 6.54 Å². The number of nitrogens with zero attached hydrogens (tertiary/aromatic N) is 2. The number of allylic oxidation sites excluding steroid dienone is 1. The smallest absolute Gasteiger partial charge is 0.389 e. The van der Waals surface area contributed by atoms with Gasteiger partial charge in [0.2, 0.25) is 0 Å². The molecular formula is C7H8F2N2O3. The maximum atomic E-state index is 12.8. The second-order valence-electron chi connectivity index (χ2n) is 2.55. The summed E-state index contributed by atoms with van der Waals surface area (Å²) in [6.45, 7) is -0.250. The molecular weight excluding hydrogens is 198 g/mol. The van der Waals surface area contributed by atoms with Crippen LogP contribution < -0.4 is 5.76 Å². The van der Waals surface area contributed by atoms with Crippen LogP contribution in [0.25, 0.3) is 0 Å². The standard InChI is InChI=1S/C7H8F2N2O3/c1-4-10-14-7(13)11(4)2-5(8)6(9)3-12/h12H,2-3H2,1H3/b6-5-. The lowest BCUT2D eigenvalue weighted by Crippen LogP contribution is -2.16. The molecule has 0 fully saturated rings. The van der Waals surface area contributed by atoms with Crippen molar-refractivity contribution in [2.24, 2.45) is 0 Å². The zero-order valence-corrected chi connectivity index (χ0v) is 7.33. The van der Waals surface area contributed by atoms with Crippen LogP contribution in [0.2, 0.25) is 0 Å². The van der Waals surface area contributed by atoms with Gasteiger partial charge >= 0.3 is 5.76 Å². The molecule has 1 N–H and O–H groups in total. The topological polar surface area (TPSA) is 68.3 Å². The maximum Gasteiger partial charge on any atom is 0.441 e. The van der Waals surface area contributed by atoms with Gasteiger partial charge in [-0.25, -0.2) is 13.6 Å². The summed E-state index contributed by atoms with van der Waals surface area (Å²) in [5.74, 6) is -3.27. The van der Waals surface area contributed by atoms with Crippen molar-refractivity contribution >= 4 is 0 Å². The summed E-state index contributed by atoms with van der Waals surface area (Å²) in [6, 6.07) is 0. The molecule has 1 heterocycles. The van der Waals surface area contributed by atoms with Gasteiger partial charge in [-0.05, 0) is 6.92 Å². The van der Waals surface area contributed by atoms with E-state index in [9.17, 15) is 13.6 Å². The summed E-state index contributed by atoms with van der Waals surface area (Å²) in [6.07, 6.45) is 0. The van der Waals surface area contributed by atoms with Crippen molar-refractivity contribution in [1.82, 2.24) is 9.72 Å². The average Bonchev–Trinajstić information content (AvgIpc) is 2.48. The molecule has 7 heteroatoms. The van der Waals surface area contributed by atoms with Gasteiger partial charge in [-0.3, -0.25) is 9.09 Å². The summed E-state index contributed by atoms with van der Waals surface area (Å²) in [7, 11) is 0. The predicted molar refractivity (Wildman–Crippen MR) is 41.8 cm³/mol. The molecule has 14 heavy (non-hydrogen) atoms. The molecule has 1 aromatic rings. The van der Waals surface area contributed by atoms with Crippen molar-refractivity contribution in [3.63, 3.8) is 0 Å². The second kappa shape index (κ2) is 4.14. The monoisotopic (exact) mass is 206 g/mol. The van der Waals surface area contributed by atoms with Gasteiger partial charge in [-0.2, -0.15) is 0 Å². The van der Waals surface area contributed by atoms with Crippen LogP contribution in [0.4, 0.5) is 8.78 Å². The average molecular weight is 206 g/mol. The normalized spacial score (nSPS) is 12.9. The van der Waals surface area contributed by atoms with Crippen LogP contribution in [-0.4, -0.2) is 21.4 Å². The number of rotatable bonds is 3. The molecule has 0 aliphatic rings. The van der Waals surface area contributed by atoms with Crippen molar-refractivity contribution in [2.45, 2.75) is 13.5 Å². The molecule has 0 aromatic carbocycles. The van der Waals surface area contributed by atoms with E-state index in [2.05, 4.69) is 9.68 Å². The molecule has 0 aliphatic carbocycles. The summed E-state index contributed by atoms with van der Waals surface area (Å²) in [5, 5.41) is 11.5. The van der Waals surface area contributed by atoms with E-state index in [1.807, 2.05) is 0 Å². The Kier molecular flexibility index (Phi) is 3.13. The molecule has 0 bridgehead atoms. The van der Waals surface area contributed by atoms with E-state index in [-0.39, 0.29) is 5.82 Å². The van der Waals surface area contributed by atoms with Gasteiger partial charge in [0.15, 0.2) is 17.5 Å². The largest absolute Gasteiger partial charge is 0.441 e. The van der Waals surface area contributed by atoms with Crippen molar-refractivity contribution in [3.05, 3.63) is 28.0 Å². The first-order valence-electron chi connectivity index (χ1n) is 3.73. The summed E-state index contributed by atoms with van der Waals surface area (Å²) in [4.78, 5) is 10.8. The van der Waals surface area contributed by atoms with Gasteiger partial charge in [0.25, 0.3) is 0 Å². The highest BCUT2D eigenvalue weighted by molar-refractivity contribution is 5.00. The molecule has 0 spiro atoms. The molecule has 0 radical (unpaired) electrons. The molecule has 0 atom stereocenters. The van der Waals surface area contributed by atoms with Crippen LogP contribution in [0.3, 0.4) is 0 Å². The van der Waals surface area contributed by atoms with Crippen LogP contribution in [0, 0.1) is 6.92 Å². The van der Waals surface area contributed by atoms with Crippen molar-refractivity contribution in [3.8, 4) is 0 Å². The Bertz CT molecular complexity index is 407. The SMILES string of the molecule is Cc1noc(=O)n1C/C(F)=C(/F)CO. The first kappa shape index (κ1) is 10.6. The summed E-state index contributed by atoms with van der Waals surface area (Å²) >= 11 is 0. The maximum absolute atomic E-state index is 12.8. The Hall–Kier alpha value is -1.50. The fourth-order valence-corrected chi connectivity index (χ4v) is 0.825. The van der Waals surface area contributed by atoms with E-state index in [0.29, 0.717) is 0 Å². The van der Waals surface area contributed by atoms with E-state index < -0.39 is 30.6 Å². The van der Waals surface area contributed by atoms with E-state index in [1.165, 1.54) is 6.92 Å². The van der Waals surface area contributed by atoms with Crippen LogP contribution in [0.5, 0.6) is 0 Å². The number of hydrogen-bond acceptors (Lipinski definition) is 4. The molecule has 0 aliphatic heterocycles. The van der Waals surface area contributed by atoms with Crippen molar-refractivity contribution in [2.75, 3.05) is 6.61 Å². The minimum Gasteiger partial charge on any atom is -0.389 e. The van der Waals surface area contributed by atoms with Crippen LogP contribution >= 0.6 is 0 Å². The van der Waals surface area contributed by atoms with Gasteiger partial charge in [0, 0.05) is 0 Å². The number of aryl methyl sites for hydroxylation is 1. The van der Waals surface area contributed by atoms with Crippen molar-refractivity contribution < 1.29 is 18.4 Å². The van der Waals surface area contributed by atoms with Crippen LogP contribution in [0.15, 0.2) is 21.0 Å². The van der Waals surface area contributed by atoms with Gasteiger partial charge in [-0.15, -0.1) is 0 Å². The zero-order chi connectivity index (χ0) is 10.7. The Labute approximate surface area is 77.2 Å². The highest BCUT2D eigenvalue weighted by Gasteiger charge is 2.11. The first-order chi connectivity index (χ1) is 6.56. The fraction of sp³-hybridized carbons (Fsp3) is 0.429. The number of aliphatic hydroxyl groups excluding tert-OH is 1. The molecule has 78 valence electrons. The predicted octanol–water partition coefficient (Wildman–Crippen LogP) is 0.288. The van der Waals surface area contributed by atoms with E-state index >= 15 is 0 Å². The van der Waals surface area contributed by atoms with Crippen LogP contribution in [0.1, 0.15) is 5.82 Å². The third-order valence-corrected chi connectivity index (χ3v) is 1.60. The Morgan fingerprint density at radius 1 is 1.57 bits per heavy atom. The van der Waals surface area contributed by atoms with Gasteiger partial charge < -0.3 is 5.11 Å². The van der Waals surface area contributed by atoms with E-state index in [4.69, 9.17) is 5.11 Å². The summed E-state index contributed by atoms with van der Waals surface area (Å²) in [5.41, 5.74) is 0. The highest BCUT2D eigenvalue weighted by atomic mass is 19.2. The second-order valence-corrected chi connectivity index (χ2v) is 2.55. The fourth-order valence-electron chi connectivity index (χ4n) is 0.825. The molecule has 0 saturated carbocycles. The quantitative estimate of drug-likeness (QED) is 0.771. The Balaban J connectivity index is 2.95. The number of aromatic nitrogens is 2. The number of halogens is 2. The van der Waals surface area contributed by atoms with E-state index in [1.54, 1.807) is 0 Å². The van der Waals surface area contributed by atoms with Gasteiger partial charge in [0.1, 0.15) is 0 Å². The minimum atomic E-state index is -1.31. The van der Waals surface area contributed by atoms with Crippen molar-refractivity contribution in [1.29, 1.82) is 0 Å². The highest BCUT2D eigenvalue weighted by Crippen LogP contribution is 2.09. The number of hydrogen-bond donors (Lipinski definition) is 1. The molecule has 0 unspecified atom stereocenters. The van der Waals surface area contributed by atoms with Gasteiger partial charge in [-0.1, -0.05) is 5.16 Å². The third kappa shape index (κ3) is 2.05. The lowest BCUT2D eigenvalue weighted by atomic mass is 10.4. The zero-order valence-electron chi connectivity index (χ0n) is 7.33. The lowest BCUT2D eigenvalue weighted by molar-refractivity contribution is 0.285. The van der Waals surface area contributed by atoms with Gasteiger partial charge in [0.05, 0.1) is 13.2 Å². The molecule has 5 nitrogen and oxygen atoms in total. The molecule has 1 rings (SSSR count). The lowest BCUT2D eigenvalue weighted by Gasteiger charge is -1.99. The Morgan fingerprint density at radius 3 is 2.64 bits per heavy atom. The Morgan fingerprint density at radius 2 is 2.21 bits per heavy atom. The third-order valence-electron chi connectivity index (χ3n) is 1.60. The first-order valence-corrected chi connectivity index (χ1v) is 3.73. The summed E-state index contributed by atoms with van der Waals surface area (Å²) < 4.78 is 30.3. The van der Waals surface area contributed by atoms with E-state index in [0.717, 1.165) is 4.57 Å². The molecule has 1 aromatic heterocycles. The molecule has 0 amide bonds. The minimum absolute atomic E-state index is 0.135. The molecule has 0 saturated heterocycles.